The lowest BCUT2D eigenvalue weighted by Crippen LogP contribution is -2.42. The van der Waals surface area contributed by atoms with Crippen molar-refractivity contribution >= 4 is 0 Å². The van der Waals surface area contributed by atoms with E-state index in [2.05, 4.69) is 32.6 Å². The van der Waals surface area contributed by atoms with Crippen molar-refractivity contribution in [2.75, 3.05) is 6.54 Å². The summed E-state index contributed by atoms with van der Waals surface area (Å²) in [5, 5.41) is 10.1. The summed E-state index contributed by atoms with van der Waals surface area (Å²) in [5.41, 5.74) is 0. The highest BCUT2D eigenvalue weighted by molar-refractivity contribution is 5.10. The molecule has 0 spiro atoms. The van der Waals surface area contributed by atoms with E-state index in [1.165, 1.54) is 13.0 Å². The van der Waals surface area contributed by atoms with Crippen LogP contribution < -0.4 is 0 Å². The Morgan fingerprint density at radius 3 is 2.35 bits per heavy atom. The van der Waals surface area contributed by atoms with Gasteiger partial charge in [-0.15, -0.1) is 0 Å². The van der Waals surface area contributed by atoms with Crippen LogP contribution in [0.4, 0.5) is 0 Å². The van der Waals surface area contributed by atoms with E-state index < -0.39 is 0 Å². The minimum absolute atomic E-state index is 0.0150. The summed E-state index contributed by atoms with van der Waals surface area (Å²) in [6.07, 6.45) is 2.41. The minimum atomic E-state index is 0.0150. The molecule has 1 saturated heterocycles. The summed E-state index contributed by atoms with van der Waals surface area (Å²) in [7, 11) is 0. The van der Waals surface area contributed by atoms with Gasteiger partial charge < -0.3 is 5.11 Å². The maximum Gasteiger partial charge on any atom is 0.0574 e. The molecular formula is C15H27NO. The number of aliphatic hydroxyl groups is 1. The zero-order chi connectivity index (χ0) is 12.3. The van der Waals surface area contributed by atoms with Gasteiger partial charge in [-0.05, 0) is 56.3 Å². The van der Waals surface area contributed by atoms with Gasteiger partial charge >= 0.3 is 0 Å². The molecule has 3 fully saturated rings. The molecule has 0 amide bonds. The highest BCUT2D eigenvalue weighted by Crippen LogP contribution is 2.58. The van der Waals surface area contributed by atoms with Crippen LogP contribution in [0.5, 0.6) is 0 Å². The molecule has 3 aliphatic rings. The van der Waals surface area contributed by atoms with Gasteiger partial charge in [0.25, 0.3) is 0 Å². The van der Waals surface area contributed by atoms with Crippen LogP contribution in [-0.4, -0.2) is 34.7 Å². The van der Waals surface area contributed by atoms with Gasteiger partial charge in [-0.25, -0.2) is 0 Å². The second-order valence-corrected chi connectivity index (χ2v) is 7.23. The third-order valence-electron chi connectivity index (χ3n) is 5.75. The Hall–Kier alpha value is -0.0800. The van der Waals surface area contributed by atoms with Gasteiger partial charge in [-0.2, -0.15) is 0 Å². The first-order valence-corrected chi connectivity index (χ1v) is 7.44. The lowest BCUT2D eigenvalue weighted by atomic mass is 9.75. The molecule has 1 heterocycles. The first-order valence-electron chi connectivity index (χ1n) is 7.44. The highest BCUT2D eigenvalue weighted by Gasteiger charge is 2.59. The summed E-state index contributed by atoms with van der Waals surface area (Å²) in [5.74, 6) is 3.86. The molecule has 0 aromatic rings. The molecule has 3 rings (SSSR count). The van der Waals surface area contributed by atoms with Crippen LogP contribution in [0.15, 0.2) is 0 Å². The molecule has 98 valence electrons. The van der Waals surface area contributed by atoms with Crippen LogP contribution in [-0.2, 0) is 0 Å². The standard InChI is InChI=1S/C15H27NO/c1-8(2)15-14-10-5-11(13(17)6-10)12(14)7-16(15)9(3)4/h8-15,17H,5-7H2,1-4H3. The van der Waals surface area contributed by atoms with Crippen LogP contribution in [0.3, 0.4) is 0 Å². The minimum Gasteiger partial charge on any atom is -0.393 e. The number of rotatable bonds is 2. The number of aliphatic hydroxyl groups excluding tert-OH is 1. The summed E-state index contributed by atoms with van der Waals surface area (Å²) in [6, 6.07) is 1.42. The Kier molecular flexibility index (Phi) is 2.79. The summed E-state index contributed by atoms with van der Waals surface area (Å²) < 4.78 is 0. The van der Waals surface area contributed by atoms with E-state index in [-0.39, 0.29) is 6.10 Å². The van der Waals surface area contributed by atoms with Gasteiger partial charge in [-0.3, -0.25) is 4.90 Å². The van der Waals surface area contributed by atoms with Gasteiger partial charge in [0.1, 0.15) is 0 Å². The molecule has 2 aliphatic carbocycles. The van der Waals surface area contributed by atoms with Crippen molar-refractivity contribution in [3.63, 3.8) is 0 Å². The van der Waals surface area contributed by atoms with E-state index in [0.29, 0.717) is 12.0 Å². The summed E-state index contributed by atoms with van der Waals surface area (Å²) >= 11 is 0. The lowest BCUT2D eigenvalue weighted by molar-refractivity contribution is 0.0601. The topological polar surface area (TPSA) is 23.5 Å². The van der Waals surface area contributed by atoms with E-state index in [0.717, 1.165) is 36.1 Å². The third-order valence-corrected chi connectivity index (χ3v) is 5.75. The fourth-order valence-electron chi connectivity index (χ4n) is 5.26. The Balaban J connectivity index is 1.87. The molecule has 2 heteroatoms. The first kappa shape index (κ1) is 12.0. The van der Waals surface area contributed by atoms with Crippen LogP contribution in [0.2, 0.25) is 0 Å². The normalized spacial score (nSPS) is 49.6. The van der Waals surface area contributed by atoms with Gasteiger partial charge in [0.2, 0.25) is 0 Å². The highest BCUT2D eigenvalue weighted by atomic mass is 16.3. The van der Waals surface area contributed by atoms with Crippen molar-refractivity contribution in [3.8, 4) is 0 Å². The fourth-order valence-corrected chi connectivity index (χ4v) is 5.26. The quantitative estimate of drug-likeness (QED) is 0.797. The van der Waals surface area contributed by atoms with Crippen molar-refractivity contribution in [1.29, 1.82) is 0 Å². The van der Waals surface area contributed by atoms with E-state index >= 15 is 0 Å². The average molecular weight is 237 g/mol. The molecule has 2 bridgehead atoms. The molecule has 0 aromatic heterocycles. The monoisotopic (exact) mass is 237 g/mol. The number of likely N-dealkylation sites (tertiary alicyclic amines) is 1. The van der Waals surface area contributed by atoms with Crippen LogP contribution >= 0.6 is 0 Å². The van der Waals surface area contributed by atoms with Gasteiger partial charge in [0.15, 0.2) is 0 Å². The second-order valence-electron chi connectivity index (χ2n) is 7.23. The molecule has 6 atom stereocenters. The van der Waals surface area contributed by atoms with Crippen LogP contribution in [0.1, 0.15) is 40.5 Å². The van der Waals surface area contributed by atoms with Crippen molar-refractivity contribution in [2.24, 2.45) is 29.6 Å². The molecule has 0 aromatic carbocycles. The van der Waals surface area contributed by atoms with Gasteiger partial charge in [-0.1, -0.05) is 13.8 Å². The zero-order valence-corrected chi connectivity index (χ0v) is 11.6. The Labute approximate surface area is 105 Å². The van der Waals surface area contributed by atoms with Gasteiger partial charge in [0, 0.05) is 18.6 Å². The molecule has 1 aliphatic heterocycles. The van der Waals surface area contributed by atoms with Crippen LogP contribution in [0, 0.1) is 29.6 Å². The first-order chi connectivity index (χ1) is 8.00. The number of hydrogen-bond donors (Lipinski definition) is 1. The molecule has 1 N–H and O–H groups in total. The summed E-state index contributed by atoms with van der Waals surface area (Å²) in [4.78, 5) is 2.72. The number of fused-ring (bicyclic) bond motifs is 5. The third kappa shape index (κ3) is 1.60. The zero-order valence-electron chi connectivity index (χ0n) is 11.6. The second kappa shape index (κ2) is 3.96. The molecule has 0 radical (unpaired) electrons. The maximum atomic E-state index is 10.1. The predicted molar refractivity (Wildman–Crippen MR) is 69.7 cm³/mol. The predicted octanol–water partition coefficient (Wildman–Crippen LogP) is 2.37. The van der Waals surface area contributed by atoms with Crippen LogP contribution in [0.25, 0.3) is 0 Å². The number of hydrogen-bond acceptors (Lipinski definition) is 2. The average Bonchev–Trinajstić information content (AvgIpc) is 2.83. The van der Waals surface area contributed by atoms with Crippen molar-refractivity contribution in [1.82, 2.24) is 4.90 Å². The Morgan fingerprint density at radius 2 is 1.76 bits per heavy atom. The molecule has 6 unspecified atom stereocenters. The van der Waals surface area contributed by atoms with Crippen molar-refractivity contribution < 1.29 is 5.11 Å². The fraction of sp³-hybridized carbons (Fsp3) is 1.00. The molecular weight excluding hydrogens is 210 g/mol. The number of nitrogens with zero attached hydrogens (tertiary/aromatic N) is 1. The summed E-state index contributed by atoms with van der Waals surface area (Å²) in [6.45, 7) is 10.7. The maximum absolute atomic E-state index is 10.1. The van der Waals surface area contributed by atoms with Gasteiger partial charge in [0.05, 0.1) is 6.10 Å². The largest absolute Gasteiger partial charge is 0.393 e. The Bertz CT molecular complexity index is 301. The van der Waals surface area contributed by atoms with E-state index in [1.807, 2.05) is 0 Å². The van der Waals surface area contributed by atoms with E-state index in [1.54, 1.807) is 0 Å². The molecule has 17 heavy (non-hydrogen) atoms. The Morgan fingerprint density at radius 1 is 1.06 bits per heavy atom. The van der Waals surface area contributed by atoms with Crippen molar-refractivity contribution in [2.45, 2.75) is 58.7 Å². The SMILES string of the molecule is CC(C)C1C2C3CC(O)C(C3)C2CN1C(C)C. The van der Waals surface area contributed by atoms with E-state index in [9.17, 15) is 5.11 Å². The van der Waals surface area contributed by atoms with Crippen molar-refractivity contribution in [3.05, 3.63) is 0 Å². The van der Waals surface area contributed by atoms with E-state index in [4.69, 9.17) is 0 Å². The molecule has 2 nitrogen and oxygen atoms in total. The lowest BCUT2D eigenvalue weighted by Gasteiger charge is -2.36. The smallest absolute Gasteiger partial charge is 0.0574 e. The molecule has 2 saturated carbocycles.